The molecule has 1 aliphatic heterocycles. The number of nitrogens with zero attached hydrogens (tertiary/aromatic N) is 1. The summed E-state index contributed by atoms with van der Waals surface area (Å²) in [6.45, 7) is 1.69. The predicted molar refractivity (Wildman–Crippen MR) is 85.2 cm³/mol. The van der Waals surface area contributed by atoms with Gasteiger partial charge in [0, 0.05) is 28.7 Å². The molecule has 0 radical (unpaired) electrons. The Hall–Kier alpha value is -2.76. The van der Waals surface area contributed by atoms with Crippen LogP contribution in [0.5, 0.6) is 0 Å². The maximum atomic E-state index is 14.5. The smallest absolute Gasteiger partial charge is 0.336 e. The van der Waals surface area contributed by atoms with Crippen molar-refractivity contribution in [2.75, 3.05) is 4.90 Å². The molecule has 6 heteroatoms. The Bertz CT molecular complexity index is 974. The van der Waals surface area contributed by atoms with Crippen LogP contribution in [-0.2, 0) is 9.59 Å². The molecule has 2 aromatic rings. The minimum Gasteiger partial charge on any atom is -0.423 e. The first-order valence-electron chi connectivity index (χ1n) is 7.82. The third-order valence-corrected chi connectivity index (χ3v) is 4.65. The van der Waals surface area contributed by atoms with E-state index < -0.39 is 23.3 Å². The lowest BCUT2D eigenvalue weighted by molar-refractivity contribution is -0.120. The molecule has 0 spiro atoms. The average molecular weight is 327 g/mol. The SMILES string of the molecule is Cc1cc(=O)oc2cc(F)c(N3C(=O)C4=C(CCCC4)C3=O)cc12. The van der Waals surface area contributed by atoms with E-state index in [-0.39, 0.29) is 11.3 Å². The first-order valence-corrected chi connectivity index (χ1v) is 7.82. The molecule has 5 nitrogen and oxygen atoms in total. The lowest BCUT2D eigenvalue weighted by atomic mass is 9.93. The number of hydrogen-bond donors (Lipinski definition) is 0. The Kier molecular flexibility index (Phi) is 3.16. The van der Waals surface area contributed by atoms with Gasteiger partial charge in [-0.25, -0.2) is 14.1 Å². The zero-order chi connectivity index (χ0) is 17.0. The van der Waals surface area contributed by atoms with E-state index in [1.54, 1.807) is 6.92 Å². The van der Waals surface area contributed by atoms with Gasteiger partial charge in [-0.15, -0.1) is 0 Å². The molecule has 1 aliphatic carbocycles. The standard InChI is InChI=1S/C18H14FNO4/c1-9-6-16(21)24-15-8-13(19)14(7-12(9)15)20-17(22)10-4-2-3-5-11(10)18(20)23/h6-8H,2-5H2,1H3. The molecule has 0 atom stereocenters. The Balaban J connectivity index is 1.88. The monoisotopic (exact) mass is 327 g/mol. The molecule has 2 amide bonds. The minimum absolute atomic E-state index is 0.0937. The van der Waals surface area contributed by atoms with E-state index in [0.29, 0.717) is 34.9 Å². The number of anilines is 1. The maximum Gasteiger partial charge on any atom is 0.336 e. The van der Waals surface area contributed by atoms with Crippen LogP contribution >= 0.6 is 0 Å². The molecular formula is C18H14FNO4. The fourth-order valence-corrected chi connectivity index (χ4v) is 3.46. The summed E-state index contributed by atoms with van der Waals surface area (Å²) in [6, 6.07) is 3.75. The van der Waals surface area contributed by atoms with Crippen LogP contribution < -0.4 is 10.5 Å². The zero-order valence-corrected chi connectivity index (χ0v) is 13.0. The molecular weight excluding hydrogens is 313 g/mol. The molecule has 1 aromatic heterocycles. The highest BCUT2D eigenvalue weighted by molar-refractivity contribution is 6.33. The summed E-state index contributed by atoms with van der Waals surface area (Å²) in [5, 5.41) is 0.497. The van der Waals surface area contributed by atoms with Gasteiger partial charge in [-0.2, -0.15) is 0 Å². The van der Waals surface area contributed by atoms with Gasteiger partial charge < -0.3 is 4.42 Å². The molecule has 1 aromatic carbocycles. The molecule has 2 heterocycles. The van der Waals surface area contributed by atoms with Gasteiger partial charge in [0.2, 0.25) is 0 Å². The molecule has 0 saturated heterocycles. The first-order chi connectivity index (χ1) is 11.5. The normalized spacial score (nSPS) is 17.8. The molecule has 0 N–H and O–H groups in total. The Labute approximate surface area is 136 Å². The van der Waals surface area contributed by atoms with E-state index >= 15 is 0 Å². The molecule has 122 valence electrons. The summed E-state index contributed by atoms with van der Waals surface area (Å²) in [4.78, 5) is 37.5. The number of aryl methyl sites for hydroxylation is 1. The van der Waals surface area contributed by atoms with Crippen LogP contribution in [0, 0.1) is 12.7 Å². The summed E-state index contributed by atoms with van der Waals surface area (Å²) in [7, 11) is 0. The third-order valence-electron chi connectivity index (χ3n) is 4.65. The molecule has 24 heavy (non-hydrogen) atoms. The summed E-state index contributed by atoms with van der Waals surface area (Å²) >= 11 is 0. The van der Waals surface area contributed by atoms with Crippen molar-refractivity contribution in [2.45, 2.75) is 32.6 Å². The highest BCUT2D eigenvalue weighted by Crippen LogP contribution is 2.37. The van der Waals surface area contributed by atoms with Gasteiger partial charge in [-0.1, -0.05) is 0 Å². The van der Waals surface area contributed by atoms with Gasteiger partial charge in [0.25, 0.3) is 11.8 Å². The van der Waals surface area contributed by atoms with Crippen molar-refractivity contribution >= 4 is 28.5 Å². The number of carbonyl (C=O) groups is 2. The fraction of sp³-hybridized carbons (Fsp3) is 0.278. The Morgan fingerprint density at radius 1 is 1.00 bits per heavy atom. The predicted octanol–water partition coefficient (Wildman–Crippen LogP) is 2.98. The number of amides is 2. The molecule has 0 bridgehead atoms. The van der Waals surface area contributed by atoms with E-state index in [2.05, 4.69) is 0 Å². The lowest BCUT2D eigenvalue weighted by Gasteiger charge is -2.17. The van der Waals surface area contributed by atoms with Crippen LogP contribution in [0.25, 0.3) is 11.0 Å². The van der Waals surface area contributed by atoms with E-state index in [0.717, 1.165) is 23.8 Å². The van der Waals surface area contributed by atoms with Crippen molar-refractivity contribution in [1.29, 1.82) is 0 Å². The first kappa shape index (κ1) is 14.8. The van der Waals surface area contributed by atoms with E-state index in [4.69, 9.17) is 4.42 Å². The molecule has 2 aliphatic rings. The van der Waals surface area contributed by atoms with Crippen LogP contribution in [0.3, 0.4) is 0 Å². The lowest BCUT2D eigenvalue weighted by Crippen LogP contribution is -2.32. The third kappa shape index (κ3) is 2.02. The van der Waals surface area contributed by atoms with Gasteiger partial charge >= 0.3 is 5.63 Å². The number of carbonyl (C=O) groups excluding carboxylic acids is 2. The van der Waals surface area contributed by atoms with Crippen LogP contribution in [0.1, 0.15) is 31.2 Å². The van der Waals surface area contributed by atoms with E-state index in [9.17, 15) is 18.8 Å². The molecule has 0 saturated carbocycles. The number of halogens is 1. The van der Waals surface area contributed by atoms with E-state index in [1.807, 2.05) is 0 Å². The Morgan fingerprint density at radius 2 is 1.62 bits per heavy atom. The van der Waals surface area contributed by atoms with Crippen molar-refractivity contribution in [3.05, 3.63) is 51.1 Å². The van der Waals surface area contributed by atoms with Crippen molar-refractivity contribution in [3.8, 4) is 0 Å². The average Bonchev–Trinajstić information content (AvgIpc) is 2.79. The van der Waals surface area contributed by atoms with Gasteiger partial charge in [0.15, 0.2) is 5.82 Å². The van der Waals surface area contributed by atoms with Crippen LogP contribution in [0.2, 0.25) is 0 Å². The highest BCUT2D eigenvalue weighted by atomic mass is 19.1. The summed E-state index contributed by atoms with van der Waals surface area (Å²) in [6.07, 6.45) is 2.82. The highest BCUT2D eigenvalue weighted by Gasteiger charge is 2.40. The van der Waals surface area contributed by atoms with Crippen LogP contribution in [0.15, 0.2) is 38.6 Å². The topological polar surface area (TPSA) is 67.6 Å². The number of benzene rings is 1. The van der Waals surface area contributed by atoms with Gasteiger partial charge in [0.1, 0.15) is 5.58 Å². The van der Waals surface area contributed by atoms with Gasteiger partial charge in [-0.3, -0.25) is 9.59 Å². The quantitative estimate of drug-likeness (QED) is 0.596. The number of rotatable bonds is 1. The minimum atomic E-state index is -0.766. The Morgan fingerprint density at radius 3 is 2.25 bits per heavy atom. The molecule has 0 fully saturated rings. The summed E-state index contributed by atoms with van der Waals surface area (Å²) in [5.41, 5.74) is 1.03. The van der Waals surface area contributed by atoms with Gasteiger partial charge in [-0.05, 0) is 44.2 Å². The zero-order valence-electron chi connectivity index (χ0n) is 13.0. The molecule has 0 unspecified atom stereocenters. The maximum absolute atomic E-state index is 14.5. The van der Waals surface area contributed by atoms with Crippen molar-refractivity contribution in [3.63, 3.8) is 0 Å². The van der Waals surface area contributed by atoms with Crippen molar-refractivity contribution in [1.82, 2.24) is 0 Å². The second-order valence-corrected chi connectivity index (χ2v) is 6.16. The van der Waals surface area contributed by atoms with Crippen molar-refractivity contribution < 1.29 is 18.4 Å². The second-order valence-electron chi connectivity index (χ2n) is 6.16. The number of hydrogen-bond acceptors (Lipinski definition) is 4. The number of fused-ring (bicyclic) bond motifs is 1. The summed E-state index contributed by atoms with van der Waals surface area (Å²) < 4.78 is 19.5. The fourth-order valence-electron chi connectivity index (χ4n) is 3.46. The largest absolute Gasteiger partial charge is 0.423 e. The van der Waals surface area contributed by atoms with Crippen LogP contribution in [0.4, 0.5) is 10.1 Å². The number of imide groups is 1. The van der Waals surface area contributed by atoms with Crippen LogP contribution in [-0.4, -0.2) is 11.8 Å². The van der Waals surface area contributed by atoms with Crippen molar-refractivity contribution in [2.24, 2.45) is 0 Å². The summed E-state index contributed by atoms with van der Waals surface area (Å²) in [5.74, 6) is -1.65. The van der Waals surface area contributed by atoms with Gasteiger partial charge in [0.05, 0.1) is 5.69 Å². The molecule has 4 rings (SSSR count). The second kappa shape index (κ2) is 5.12. The van der Waals surface area contributed by atoms with E-state index in [1.165, 1.54) is 12.1 Å².